The zero-order valence-electron chi connectivity index (χ0n) is 16.5. The number of hydrogen-bond acceptors (Lipinski definition) is 4. The lowest BCUT2D eigenvalue weighted by Gasteiger charge is -2.39. The van der Waals surface area contributed by atoms with E-state index in [9.17, 15) is 9.59 Å². The van der Waals surface area contributed by atoms with E-state index in [0.29, 0.717) is 0 Å². The van der Waals surface area contributed by atoms with E-state index >= 15 is 0 Å². The van der Waals surface area contributed by atoms with Gasteiger partial charge >= 0.3 is 6.03 Å². The van der Waals surface area contributed by atoms with Crippen molar-refractivity contribution in [3.63, 3.8) is 0 Å². The maximum atomic E-state index is 12.2. The Bertz CT molecular complexity index is 938. The summed E-state index contributed by atoms with van der Waals surface area (Å²) in [7, 11) is 1.80. The van der Waals surface area contributed by atoms with Crippen LogP contribution in [0.5, 0.6) is 0 Å². The van der Waals surface area contributed by atoms with Gasteiger partial charge in [-0.2, -0.15) is 0 Å². The van der Waals surface area contributed by atoms with Crippen LogP contribution in [0.3, 0.4) is 0 Å². The fourth-order valence-corrected chi connectivity index (χ4v) is 5.15. The summed E-state index contributed by atoms with van der Waals surface area (Å²) >= 11 is 1.76. The maximum Gasteiger partial charge on any atom is 0.322 e. The first-order chi connectivity index (χ1) is 13.5. The lowest BCUT2D eigenvalue weighted by Crippen LogP contribution is -2.55. The molecule has 1 aromatic heterocycles. The predicted octanol–water partition coefficient (Wildman–Crippen LogP) is 2.90. The number of thiophene rings is 1. The van der Waals surface area contributed by atoms with Gasteiger partial charge in [0.2, 0.25) is 0 Å². The van der Waals surface area contributed by atoms with E-state index in [2.05, 4.69) is 55.5 Å². The third-order valence-corrected chi connectivity index (χ3v) is 6.91. The van der Waals surface area contributed by atoms with Crippen molar-refractivity contribution in [1.82, 2.24) is 20.9 Å². The standard InChI is InChI=1S/C20H25N5O2S.HI/c1-20(17(26)23-19(27)24-20)14-7-9-25(10-8-14)18(21-2)22-11-13-12-28-16-6-4-3-5-15(13)16;/h3-6,12,14H,7-11H2,1-2H3,(H,21,22)(H2,23,24,26,27);1H. The number of benzene rings is 1. The van der Waals surface area contributed by atoms with Gasteiger partial charge in [-0.1, -0.05) is 18.2 Å². The Labute approximate surface area is 191 Å². The number of guanidine groups is 1. The molecule has 1 aromatic carbocycles. The summed E-state index contributed by atoms with van der Waals surface area (Å²) in [5, 5.41) is 12.1. The second-order valence-corrected chi connectivity index (χ2v) is 8.44. The number of aliphatic imine (C=N–C) groups is 1. The Morgan fingerprint density at radius 2 is 2.03 bits per heavy atom. The van der Waals surface area contributed by atoms with E-state index in [1.54, 1.807) is 18.4 Å². The highest BCUT2D eigenvalue weighted by atomic mass is 127. The van der Waals surface area contributed by atoms with Crippen LogP contribution in [0.15, 0.2) is 34.6 Å². The molecule has 2 fully saturated rings. The number of amides is 3. The third kappa shape index (κ3) is 4.20. The molecule has 0 bridgehead atoms. The summed E-state index contributed by atoms with van der Waals surface area (Å²) in [4.78, 5) is 30.4. The number of nitrogens with one attached hydrogen (secondary N) is 3. The molecule has 0 radical (unpaired) electrons. The summed E-state index contributed by atoms with van der Waals surface area (Å²) in [6, 6.07) is 8.03. The minimum Gasteiger partial charge on any atom is -0.352 e. The minimum atomic E-state index is -0.810. The van der Waals surface area contributed by atoms with Crippen LogP contribution in [-0.4, -0.2) is 48.5 Å². The van der Waals surface area contributed by atoms with Crippen molar-refractivity contribution < 1.29 is 9.59 Å². The average molecular weight is 527 g/mol. The number of rotatable bonds is 3. The number of carbonyl (C=O) groups is 2. The number of urea groups is 1. The number of fused-ring (bicyclic) bond motifs is 1. The summed E-state index contributed by atoms with van der Waals surface area (Å²) in [6.45, 7) is 4.15. The molecule has 3 N–H and O–H groups in total. The molecule has 2 aliphatic heterocycles. The molecule has 3 amide bonds. The number of carbonyl (C=O) groups excluding carboxylic acids is 2. The molecule has 2 aromatic rings. The van der Waals surface area contributed by atoms with Crippen LogP contribution in [0.4, 0.5) is 4.79 Å². The molecule has 4 rings (SSSR count). The fraction of sp³-hybridized carbons (Fsp3) is 0.450. The molecule has 0 saturated carbocycles. The lowest BCUT2D eigenvalue weighted by atomic mass is 9.79. The van der Waals surface area contributed by atoms with E-state index in [0.717, 1.165) is 38.4 Å². The Morgan fingerprint density at radius 1 is 1.31 bits per heavy atom. The van der Waals surface area contributed by atoms with Gasteiger partial charge in [0.05, 0.1) is 0 Å². The Morgan fingerprint density at radius 3 is 2.69 bits per heavy atom. The largest absolute Gasteiger partial charge is 0.352 e. The molecule has 156 valence electrons. The highest BCUT2D eigenvalue weighted by Gasteiger charge is 2.48. The molecule has 1 unspecified atom stereocenters. The number of nitrogens with zero attached hydrogens (tertiary/aromatic N) is 2. The van der Waals surface area contributed by atoms with Gasteiger partial charge in [0.25, 0.3) is 5.91 Å². The van der Waals surface area contributed by atoms with Crippen molar-refractivity contribution in [2.75, 3.05) is 20.1 Å². The Balaban J connectivity index is 0.00000240. The number of likely N-dealkylation sites (tertiary alicyclic amines) is 1. The molecule has 29 heavy (non-hydrogen) atoms. The molecule has 0 aliphatic carbocycles. The Hall–Kier alpha value is -1.88. The molecule has 1 atom stereocenters. The van der Waals surface area contributed by atoms with E-state index in [4.69, 9.17) is 0 Å². The van der Waals surface area contributed by atoms with Crippen molar-refractivity contribution >= 4 is 63.3 Å². The van der Waals surface area contributed by atoms with Gasteiger partial charge in [0, 0.05) is 31.4 Å². The zero-order chi connectivity index (χ0) is 19.7. The first kappa shape index (κ1) is 21.8. The van der Waals surface area contributed by atoms with Gasteiger partial charge in [0.1, 0.15) is 5.54 Å². The van der Waals surface area contributed by atoms with Gasteiger partial charge in [-0.25, -0.2) is 4.79 Å². The summed E-state index contributed by atoms with van der Waals surface area (Å²) < 4.78 is 1.29. The predicted molar refractivity (Wildman–Crippen MR) is 127 cm³/mol. The van der Waals surface area contributed by atoms with Crippen LogP contribution >= 0.6 is 35.3 Å². The molecule has 0 spiro atoms. The van der Waals surface area contributed by atoms with Crippen molar-refractivity contribution in [1.29, 1.82) is 0 Å². The molecular formula is C20H26IN5O2S. The molecular weight excluding hydrogens is 501 g/mol. The van der Waals surface area contributed by atoms with Crippen LogP contribution in [0.25, 0.3) is 10.1 Å². The van der Waals surface area contributed by atoms with Crippen LogP contribution in [-0.2, 0) is 11.3 Å². The van der Waals surface area contributed by atoms with Crippen molar-refractivity contribution in [2.45, 2.75) is 31.8 Å². The van der Waals surface area contributed by atoms with Crippen molar-refractivity contribution in [3.8, 4) is 0 Å². The number of piperidine rings is 1. The van der Waals surface area contributed by atoms with Crippen LogP contribution in [0, 0.1) is 5.92 Å². The average Bonchev–Trinajstić information content (AvgIpc) is 3.23. The first-order valence-electron chi connectivity index (χ1n) is 9.55. The molecule has 2 saturated heterocycles. The van der Waals surface area contributed by atoms with Crippen LogP contribution < -0.4 is 16.0 Å². The van der Waals surface area contributed by atoms with Crippen molar-refractivity contribution in [2.24, 2.45) is 10.9 Å². The van der Waals surface area contributed by atoms with Crippen LogP contribution in [0.2, 0.25) is 0 Å². The van der Waals surface area contributed by atoms with Gasteiger partial charge in [-0.3, -0.25) is 15.1 Å². The number of imide groups is 1. The second kappa shape index (κ2) is 8.86. The highest BCUT2D eigenvalue weighted by molar-refractivity contribution is 14.0. The molecule has 9 heteroatoms. The van der Waals surface area contributed by atoms with E-state index in [-0.39, 0.29) is 35.8 Å². The fourth-order valence-electron chi connectivity index (χ4n) is 4.19. The number of hydrogen-bond donors (Lipinski definition) is 3. The van der Waals surface area contributed by atoms with Gasteiger partial charge < -0.3 is 15.5 Å². The topological polar surface area (TPSA) is 85.8 Å². The molecule has 2 aliphatic rings. The minimum absolute atomic E-state index is 0. The van der Waals surface area contributed by atoms with Gasteiger partial charge in [-0.15, -0.1) is 35.3 Å². The zero-order valence-corrected chi connectivity index (χ0v) is 19.7. The normalized spacial score (nSPS) is 23.0. The number of halogens is 1. The quantitative estimate of drug-likeness (QED) is 0.248. The monoisotopic (exact) mass is 527 g/mol. The summed E-state index contributed by atoms with van der Waals surface area (Å²) in [5.41, 5.74) is 0.463. The van der Waals surface area contributed by atoms with E-state index in [1.807, 2.05) is 6.92 Å². The summed E-state index contributed by atoms with van der Waals surface area (Å²) in [5.74, 6) is 0.774. The second-order valence-electron chi connectivity index (χ2n) is 7.53. The molecule has 7 nitrogen and oxygen atoms in total. The Kier molecular flexibility index (Phi) is 6.67. The lowest BCUT2D eigenvalue weighted by molar-refractivity contribution is -0.125. The smallest absolute Gasteiger partial charge is 0.322 e. The third-order valence-electron chi connectivity index (χ3n) is 5.89. The van der Waals surface area contributed by atoms with Crippen LogP contribution in [0.1, 0.15) is 25.3 Å². The van der Waals surface area contributed by atoms with E-state index < -0.39 is 11.6 Å². The van der Waals surface area contributed by atoms with E-state index in [1.165, 1.54) is 15.6 Å². The van der Waals surface area contributed by atoms with Gasteiger partial charge in [0.15, 0.2) is 5.96 Å². The van der Waals surface area contributed by atoms with Gasteiger partial charge in [-0.05, 0) is 48.1 Å². The first-order valence-corrected chi connectivity index (χ1v) is 10.4. The van der Waals surface area contributed by atoms with Crippen molar-refractivity contribution in [3.05, 3.63) is 35.2 Å². The molecule has 3 heterocycles. The summed E-state index contributed by atoms with van der Waals surface area (Å²) in [6.07, 6.45) is 1.65. The maximum absolute atomic E-state index is 12.2. The SMILES string of the molecule is CN=C(NCc1csc2ccccc12)N1CCC(C2(C)NC(=O)NC2=O)CC1.I. The highest BCUT2D eigenvalue weighted by Crippen LogP contribution is 2.31.